The molecule has 0 spiro atoms. The molecule has 0 radical (unpaired) electrons. The Morgan fingerprint density at radius 2 is 1.22 bits per heavy atom. The molecule has 6 rings (SSSR count). The minimum atomic E-state index is -1.17. The van der Waals surface area contributed by atoms with Crippen LogP contribution in [-0.4, -0.2) is 99.5 Å². The quantitative estimate of drug-likeness (QED) is 0.174. The van der Waals surface area contributed by atoms with Crippen molar-refractivity contribution in [3.63, 3.8) is 0 Å². The highest BCUT2D eigenvalue weighted by molar-refractivity contribution is 5.67. The van der Waals surface area contributed by atoms with E-state index in [1.165, 1.54) is 13.8 Å². The summed E-state index contributed by atoms with van der Waals surface area (Å²) in [6.45, 7) is 6.92. The molecule has 13 nitrogen and oxygen atoms in total. The predicted octanol–water partition coefficient (Wildman–Crippen LogP) is 4.87. The van der Waals surface area contributed by atoms with Crippen LogP contribution in [0.4, 0.5) is 0 Å². The van der Waals surface area contributed by atoms with E-state index in [0.29, 0.717) is 6.61 Å². The minimum Gasteiger partial charge on any atom is -0.455 e. The summed E-state index contributed by atoms with van der Waals surface area (Å²) in [5, 5.41) is 0. The zero-order valence-electron chi connectivity index (χ0n) is 31.3. The second kappa shape index (κ2) is 18.7. The lowest BCUT2D eigenvalue weighted by Gasteiger charge is -2.30. The Bertz CT molecular complexity index is 1610. The Balaban J connectivity index is 1.27. The smallest absolute Gasteiger partial charge is 0.303 e. The van der Waals surface area contributed by atoms with Crippen molar-refractivity contribution in [2.75, 3.05) is 20.3 Å². The molecule has 0 N–H and O–H groups in total. The van der Waals surface area contributed by atoms with E-state index in [0.717, 1.165) is 16.7 Å². The highest BCUT2D eigenvalue weighted by atomic mass is 16.8. The van der Waals surface area contributed by atoms with Gasteiger partial charge in [0.15, 0.2) is 30.6 Å². The first-order valence-corrected chi connectivity index (χ1v) is 18.2. The zero-order chi connectivity index (χ0) is 38.1. The van der Waals surface area contributed by atoms with E-state index in [-0.39, 0.29) is 26.4 Å². The number of methoxy groups -OCH3 is 1. The van der Waals surface area contributed by atoms with Gasteiger partial charge in [0.05, 0.1) is 33.0 Å². The summed E-state index contributed by atoms with van der Waals surface area (Å²) in [4.78, 5) is 24.7. The van der Waals surface area contributed by atoms with E-state index in [1.807, 2.05) is 91.0 Å². The second-order valence-electron chi connectivity index (χ2n) is 13.9. The number of ether oxygens (including phenoxy) is 11. The fourth-order valence-electron chi connectivity index (χ4n) is 6.84. The van der Waals surface area contributed by atoms with Crippen LogP contribution >= 0.6 is 0 Å². The van der Waals surface area contributed by atoms with Crippen molar-refractivity contribution in [1.82, 2.24) is 0 Å². The van der Waals surface area contributed by atoms with E-state index in [1.54, 1.807) is 21.0 Å². The molecule has 0 aliphatic carbocycles. The first-order chi connectivity index (χ1) is 26.1. The van der Waals surface area contributed by atoms with Gasteiger partial charge in [-0.1, -0.05) is 91.0 Å². The molecular weight excluding hydrogens is 700 g/mol. The maximum atomic E-state index is 12.4. The number of rotatable bonds is 17. The third-order valence-corrected chi connectivity index (χ3v) is 9.32. The first-order valence-electron chi connectivity index (χ1n) is 18.2. The molecule has 3 aromatic rings. The SMILES string of the molecule is CO[C@@H]1O[C@@H]([C@@H](CO[C@@H]2O[C@@H]([C@H]3COC(C)(C)O3)[C@H](OC(C)=O)[C@H]2OC(C)=O)OCc2ccccc2)[C@H](OCc2ccccc2)[C@H]1OCc1ccccc1. The zero-order valence-corrected chi connectivity index (χ0v) is 31.3. The maximum absolute atomic E-state index is 12.4. The predicted molar refractivity (Wildman–Crippen MR) is 191 cm³/mol. The van der Waals surface area contributed by atoms with Crippen molar-refractivity contribution in [2.45, 2.75) is 115 Å². The van der Waals surface area contributed by atoms with Crippen LogP contribution in [0, 0.1) is 0 Å². The molecule has 0 saturated carbocycles. The summed E-state index contributed by atoms with van der Waals surface area (Å²) in [7, 11) is 1.55. The third-order valence-electron chi connectivity index (χ3n) is 9.32. The Labute approximate surface area is 315 Å². The Morgan fingerprint density at radius 3 is 1.74 bits per heavy atom. The maximum Gasteiger partial charge on any atom is 0.303 e. The van der Waals surface area contributed by atoms with Crippen molar-refractivity contribution in [2.24, 2.45) is 0 Å². The van der Waals surface area contributed by atoms with Gasteiger partial charge in [-0.3, -0.25) is 9.59 Å². The molecule has 10 atom stereocenters. The van der Waals surface area contributed by atoms with Gasteiger partial charge in [0, 0.05) is 21.0 Å². The van der Waals surface area contributed by atoms with Gasteiger partial charge in [-0.05, 0) is 30.5 Å². The van der Waals surface area contributed by atoms with Crippen LogP contribution in [0.5, 0.6) is 0 Å². The summed E-state index contributed by atoms with van der Waals surface area (Å²) < 4.78 is 68.2. The molecule has 13 heteroatoms. The van der Waals surface area contributed by atoms with Gasteiger partial charge in [-0.25, -0.2) is 0 Å². The molecule has 292 valence electrons. The van der Waals surface area contributed by atoms with E-state index in [9.17, 15) is 9.59 Å². The Morgan fingerprint density at radius 1 is 0.685 bits per heavy atom. The van der Waals surface area contributed by atoms with E-state index in [2.05, 4.69) is 0 Å². The molecule has 3 saturated heterocycles. The number of hydrogen-bond acceptors (Lipinski definition) is 13. The normalized spacial score (nSPS) is 29.5. The van der Waals surface area contributed by atoms with Crippen molar-refractivity contribution in [3.8, 4) is 0 Å². The average molecular weight is 751 g/mol. The van der Waals surface area contributed by atoms with Gasteiger partial charge in [0.25, 0.3) is 0 Å². The van der Waals surface area contributed by atoms with E-state index >= 15 is 0 Å². The molecule has 0 aromatic heterocycles. The number of carbonyl (C=O) groups excluding carboxylic acids is 2. The van der Waals surface area contributed by atoms with Crippen molar-refractivity contribution < 1.29 is 61.7 Å². The summed E-state index contributed by atoms with van der Waals surface area (Å²) >= 11 is 0. The van der Waals surface area contributed by atoms with Gasteiger partial charge in [0.2, 0.25) is 0 Å². The monoisotopic (exact) mass is 750 g/mol. The van der Waals surface area contributed by atoms with Gasteiger partial charge < -0.3 is 52.1 Å². The summed E-state index contributed by atoms with van der Waals surface area (Å²) in [6, 6.07) is 29.3. The lowest BCUT2D eigenvalue weighted by Crippen LogP contribution is -2.47. The highest BCUT2D eigenvalue weighted by Crippen LogP contribution is 2.37. The highest BCUT2D eigenvalue weighted by Gasteiger charge is 2.56. The summed E-state index contributed by atoms with van der Waals surface area (Å²) in [5.41, 5.74) is 2.86. The first kappa shape index (κ1) is 39.9. The Kier molecular flexibility index (Phi) is 13.8. The topological polar surface area (TPSA) is 136 Å². The van der Waals surface area contributed by atoms with Crippen LogP contribution < -0.4 is 0 Å². The molecular formula is C41H50O13. The molecule has 3 fully saturated rings. The van der Waals surface area contributed by atoms with Gasteiger partial charge in [0.1, 0.15) is 36.6 Å². The van der Waals surface area contributed by atoms with Crippen LogP contribution in [0.25, 0.3) is 0 Å². The number of carbonyl (C=O) groups is 2. The fraction of sp³-hybridized carbons (Fsp3) is 0.512. The molecule has 3 heterocycles. The molecule has 3 aromatic carbocycles. The van der Waals surface area contributed by atoms with E-state index < -0.39 is 79.1 Å². The van der Waals surface area contributed by atoms with Gasteiger partial charge in [-0.15, -0.1) is 0 Å². The largest absolute Gasteiger partial charge is 0.455 e. The minimum absolute atomic E-state index is 0.111. The molecule has 54 heavy (non-hydrogen) atoms. The standard InChI is InChI=1S/C41H50O13/c1-26(42)50-36-34(32-25-49-41(3,4)54-32)53-40(38(36)51-27(2)43)48-24-31(45-21-28-15-9-6-10-16-28)33-35(46-22-29-17-11-7-12-18-29)37(39(44-5)52-33)47-23-30-19-13-8-14-20-30/h6-20,31-40H,21-25H2,1-5H3/t31-,32-,33+,34+,35+,36+,37-,38-,39-,40-/m1/s1. The van der Waals surface area contributed by atoms with Crippen molar-refractivity contribution >= 4 is 11.9 Å². The van der Waals surface area contributed by atoms with Crippen LogP contribution in [0.1, 0.15) is 44.4 Å². The molecule has 3 aliphatic heterocycles. The number of benzene rings is 3. The van der Waals surface area contributed by atoms with Crippen LogP contribution in [0.3, 0.4) is 0 Å². The van der Waals surface area contributed by atoms with Crippen LogP contribution in [0.2, 0.25) is 0 Å². The summed E-state index contributed by atoms with van der Waals surface area (Å²) in [5.74, 6) is -2.09. The van der Waals surface area contributed by atoms with Gasteiger partial charge >= 0.3 is 11.9 Å². The summed E-state index contributed by atoms with van der Waals surface area (Å²) in [6.07, 6.45) is -8.52. The van der Waals surface area contributed by atoms with Crippen molar-refractivity contribution in [3.05, 3.63) is 108 Å². The van der Waals surface area contributed by atoms with Gasteiger partial charge in [-0.2, -0.15) is 0 Å². The molecule has 3 aliphatic rings. The molecule has 0 amide bonds. The Hall–Kier alpha value is -3.76. The third kappa shape index (κ3) is 10.5. The van der Waals surface area contributed by atoms with Crippen molar-refractivity contribution in [1.29, 1.82) is 0 Å². The fourth-order valence-corrected chi connectivity index (χ4v) is 6.84. The average Bonchev–Trinajstić information content (AvgIpc) is 3.82. The van der Waals surface area contributed by atoms with Crippen LogP contribution in [0.15, 0.2) is 91.0 Å². The van der Waals surface area contributed by atoms with E-state index in [4.69, 9.17) is 52.1 Å². The molecule has 0 unspecified atom stereocenters. The lowest BCUT2D eigenvalue weighted by molar-refractivity contribution is -0.225. The number of hydrogen-bond donors (Lipinski definition) is 0. The van der Waals surface area contributed by atoms with Crippen LogP contribution in [-0.2, 0) is 81.5 Å². The molecule has 0 bridgehead atoms. The second-order valence-corrected chi connectivity index (χ2v) is 13.9. The number of esters is 2. The lowest BCUT2D eigenvalue weighted by atomic mass is 10.0.